The molecule has 0 unspecified atom stereocenters. The quantitative estimate of drug-likeness (QED) is 0.532. The van der Waals surface area contributed by atoms with Crippen molar-refractivity contribution in [3.05, 3.63) is 101 Å². The minimum Gasteiger partial charge on any atom is -0.484 e. The molecule has 5 nitrogen and oxygen atoms in total. The van der Waals surface area contributed by atoms with Gasteiger partial charge in [-0.3, -0.25) is 9.59 Å². The number of benzene rings is 3. The van der Waals surface area contributed by atoms with Crippen molar-refractivity contribution in [1.82, 2.24) is 10.2 Å². The van der Waals surface area contributed by atoms with Gasteiger partial charge in [0.25, 0.3) is 5.91 Å². The van der Waals surface area contributed by atoms with E-state index < -0.39 is 6.04 Å². The van der Waals surface area contributed by atoms with Gasteiger partial charge in [0.15, 0.2) is 6.61 Å². The number of nitrogens with one attached hydrogen (secondary N) is 1. The Morgan fingerprint density at radius 2 is 1.55 bits per heavy atom. The molecule has 2 amide bonds. The highest BCUT2D eigenvalue weighted by Gasteiger charge is 2.31. The lowest BCUT2D eigenvalue weighted by atomic mass is 10.0. The van der Waals surface area contributed by atoms with E-state index in [0.29, 0.717) is 17.3 Å². The minimum absolute atomic E-state index is 0.180. The lowest BCUT2D eigenvalue weighted by Crippen LogP contribution is -2.45. The van der Waals surface area contributed by atoms with Crippen LogP contribution < -0.4 is 10.1 Å². The summed E-state index contributed by atoms with van der Waals surface area (Å²) < 4.78 is 5.69. The molecule has 3 aromatic carbocycles. The standard InChI is InChI=1S/C25H25ClN2O3/c1-2-27-25(30)24(20-9-5-3-6-10-20)28(17-19-13-15-21(26)16-14-19)23(29)18-31-22-11-7-4-8-12-22/h3-16,24H,2,17-18H2,1H3,(H,27,30)/t24-/m1/s1. The first-order valence-electron chi connectivity index (χ1n) is 10.1. The molecule has 0 fully saturated rings. The molecular formula is C25H25ClN2O3. The van der Waals surface area contributed by atoms with Crippen molar-refractivity contribution in [2.45, 2.75) is 19.5 Å². The molecule has 0 saturated heterocycles. The molecule has 0 bridgehead atoms. The first kappa shape index (κ1) is 22.4. The van der Waals surface area contributed by atoms with Crippen LogP contribution in [0.25, 0.3) is 0 Å². The van der Waals surface area contributed by atoms with Crippen LogP contribution in [0.1, 0.15) is 24.1 Å². The zero-order valence-electron chi connectivity index (χ0n) is 17.3. The van der Waals surface area contributed by atoms with Gasteiger partial charge in [-0.15, -0.1) is 0 Å². The van der Waals surface area contributed by atoms with Crippen LogP contribution in [-0.2, 0) is 16.1 Å². The Labute approximate surface area is 187 Å². The fourth-order valence-corrected chi connectivity index (χ4v) is 3.36. The first-order valence-corrected chi connectivity index (χ1v) is 10.5. The number of carbonyl (C=O) groups is 2. The van der Waals surface area contributed by atoms with Crippen LogP contribution in [0, 0.1) is 0 Å². The van der Waals surface area contributed by atoms with E-state index in [9.17, 15) is 9.59 Å². The van der Waals surface area contributed by atoms with E-state index >= 15 is 0 Å². The normalized spacial score (nSPS) is 11.4. The number of halogens is 1. The van der Waals surface area contributed by atoms with Gasteiger partial charge in [-0.2, -0.15) is 0 Å². The number of carbonyl (C=O) groups excluding carboxylic acids is 2. The van der Waals surface area contributed by atoms with E-state index in [1.54, 1.807) is 29.2 Å². The van der Waals surface area contributed by atoms with Crippen molar-refractivity contribution < 1.29 is 14.3 Å². The van der Waals surface area contributed by atoms with Gasteiger partial charge >= 0.3 is 0 Å². The number of para-hydroxylation sites is 1. The predicted octanol–water partition coefficient (Wildman–Crippen LogP) is 4.63. The molecule has 0 radical (unpaired) electrons. The third-order valence-electron chi connectivity index (χ3n) is 4.72. The maximum absolute atomic E-state index is 13.3. The van der Waals surface area contributed by atoms with Gasteiger partial charge < -0.3 is 15.0 Å². The molecule has 0 spiro atoms. The molecule has 0 aliphatic rings. The van der Waals surface area contributed by atoms with E-state index in [1.165, 1.54) is 0 Å². The van der Waals surface area contributed by atoms with Crippen LogP contribution in [-0.4, -0.2) is 29.9 Å². The Hall–Kier alpha value is -3.31. The summed E-state index contributed by atoms with van der Waals surface area (Å²) in [5.41, 5.74) is 1.60. The molecule has 6 heteroatoms. The molecular weight excluding hydrogens is 412 g/mol. The third-order valence-corrected chi connectivity index (χ3v) is 4.97. The van der Waals surface area contributed by atoms with E-state index in [2.05, 4.69) is 5.32 Å². The van der Waals surface area contributed by atoms with Gasteiger partial charge in [0.1, 0.15) is 11.8 Å². The van der Waals surface area contributed by atoms with Gasteiger partial charge in [0, 0.05) is 18.1 Å². The van der Waals surface area contributed by atoms with Crippen LogP contribution in [0.2, 0.25) is 5.02 Å². The van der Waals surface area contributed by atoms with Crippen molar-refractivity contribution in [3.8, 4) is 5.75 Å². The number of rotatable bonds is 9. The molecule has 3 rings (SSSR count). The first-order chi connectivity index (χ1) is 15.1. The summed E-state index contributed by atoms with van der Waals surface area (Å²) in [7, 11) is 0. The van der Waals surface area contributed by atoms with Gasteiger partial charge in [-0.1, -0.05) is 72.3 Å². The largest absolute Gasteiger partial charge is 0.484 e. The SMILES string of the molecule is CCNC(=O)[C@@H](c1ccccc1)N(Cc1ccc(Cl)cc1)C(=O)COc1ccccc1. The van der Waals surface area contributed by atoms with Gasteiger partial charge in [0.05, 0.1) is 0 Å². The van der Waals surface area contributed by atoms with Crippen molar-refractivity contribution in [2.24, 2.45) is 0 Å². The Morgan fingerprint density at radius 3 is 2.16 bits per heavy atom. The van der Waals surface area contributed by atoms with E-state index in [0.717, 1.165) is 11.1 Å². The number of amides is 2. The third kappa shape index (κ3) is 6.33. The van der Waals surface area contributed by atoms with E-state index in [-0.39, 0.29) is 25.0 Å². The number of likely N-dealkylation sites (N-methyl/N-ethyl adjacent to an activating group) is 1. The van der Waals surface area contributed by atoms with Crippen LogP contribution in [0.4, 0.5) is 0 Å². The van der Waals surface area contributed by atoms with Crippen molar-refractivity contribution in [1.29, 1.82) is 0 Å². The highest BCUT2D eigenvalue weighted by molar-refractivity contribution is 6.30. The summed E-state index contributed by atoms with van der Waals surface area (Å²) in [4.78, 5) is 27.9. The summed E-state index contributed by atoms with van der Waals surface area (Å²) in [5.74, 6) is 0.0613. The van der Waals surface area contributed by atoms with Gasteiger partial charge in [0.2, 0.25) is 5.91 Å². The molecule has 0 aromatic heterocycles. The predicted molar refractivity (Wildman–Crippen MR) is 122 cm³/mol. The topological polar surface area (TPSA) is 58.6 Å². The Kier molecular flexibility index (Phi) is 8.07. The average Bonchev–Trinajstić information content (AvgIpc) is 2.80. The highest BCUT2D eigenvalue weighted by atomic mass is 35.5. The van der Waals surface area contributed by atoms with Crippen molar-refractivity contribution in [2.75, 3.05) is 13.2 Å². The number of ether oxygens (including phenoxy) is 1. The minimum atomic E-state index is -0.788. The van der Waals surface area contributed by atoms with Crippen LogP contribution in [0.3, 0.4) is 0 Å². The molecule has 3 aromatic rings. The maximum atomic E-state index is 13.3. The molecule has 0 aliphatic heterocycles. The Morgan fingerprint density at radius 1 is 0.935 bits per heavy atom. The molecule has 1 N–H and O–H groups in total. The fraction of sp³-hybridized carbons (Fsp3) is 0.200. The molecule has 0 saturated carbocycles. The Bertz CT molecular complexity index is 979. The maximum Gasteiger partial charge on any atom is 0.261 e. The fourth-order valence-electron chi connectivity index (χ4n) is 3.23. The van der Waals surface area contributed by atoms with Crippen LogP contribution >= 0.6 is 11.6 Å². The number of hydrogen-bond acceptors (Lipinski definition) is 3. The smallest absolute Gasteiger partial charge is 0.261 e. The number of nitrogens with zero attached hydrogens (tertiary/aromatic N) is 1. The molecule has 31 heavy (non-hydrogen) atoms. The van der Waals surface area contributed by atoms with Gasteiger partial charge in [-0.05, 0) is 42.3 Å². The van der Waals surface area contributed by atoms with Crippen LogP contribution in [0.15, 0.2) is 84.9 Å². The average molecular weight is 437 g/mol. The summed E-state index contributed by atoms with van der Waals surface area (Å²) in [5, 5.41) is 3.46. The van der Waals surface area contributed by atoms with E-state index in [4.69, 9.17) is 16.3 Å². The number of hydrogen-bond donors (Lipinski definition) is 1. The van der Waals surface area contributed by atoms with Crippen molar-refractivity contribution in [3.63, 3.8) is 0 Å². The highest BCUT2D eigenvalue weighted by Crippen LogP contribution is 2.25. The summed E-state index contributed by atoms with van der Waals surface area (Å²) in [6, 6.07) is 24.9. The van der Waals surface area contributed by atoms with Crippen molar-refractivity contribution >= 4 is 23.4 Å². The molecule has 0 aliphatic carbocycles. The summed E-state index contributed by atoms with van der Waals surface area (Å²) in [6.07, 6.45) is 0. The van der Waals surface area contributed by atoms with E-state index in [1.807, 2.05) is 67.6 Å². The second-order valence-electron chi connectivity index (χ2n) is 6.96. The van der Waals surface area contributed by atoms with Gasteiger partial charge in [-0.25, -0.2) is 0 Å². The monoisotopic (exact) mass is 436 g/mol. The second kappa shape index (κ2) is 11.2. The summed E-state index contributed by atoms with van der Waals surface area (Å²) >= 11 is 6.01. The lowest BCUT2D eigenvalue weighted by molar-refractivity contribution is -0.143. The van der Waals surface area contributed by atoms with Crippen LogP contribution in [0.5, 0.6) is 5.75 Å². The Balaban J connectivity index is 1.91. The second-order valence-corrected chi connectivity index (χ2v) is 7.39. The molecule has 1 atom stereocenters. The zero-order valence-corrected chi connectivity index (χ0v) is 18.1. The molecule has 160 valence electrons. The molecule has 0 heterocycles. The lowest BCUT2D eigenvalue weighted by Gasteiger charge is -2.31. The zero-order chi connectivity index (χ0) is 22.1. The summed E-state index contributed by atoms with van der Waals surface area (Å²) in [6.45, 7) is 2.38.